The second kappa shape index (κ2) is 31.3. The van der Waals surface area contributed by atoms with E-state index in [1.165, 1.54) is 128 Å². The van der Waals surface area contributed by atoms with Crippen molar-refractivity contribution in [2.75, 3.05) is 13.2 Å². The summed E-state index contributed by atoms with van der Waals surface area (Å²) in [6.45, 7) is 5.82. The molecule has 31 heavy (non-hydrogen) atoms. The van der Waals surface area contributed by atoms with Gasteiger partial charge in [0.1, 0.15) is 0 Å². The molecule has 0 atom stereocenters. The standard InChI is InChI=1S/C26H55O3P.Na.H/c1-3-5-7-9-11-13-15-17-19-21-23-25-28-30(27)29-26-24-22-20-18-16-14-12-10-8-6-4-2;;/h27H,3-26H2,1-2H3;;. The van der Waals surface area contributed by atoms with E-state index in [0.717, 1.165) is 12.8 Å². The second-order valence-corrected chi connectivity index (χ2v) is 9.97. The Balaban J connectivity index is 0. The van der Waals surface area contributed by atoms with Crippen LogP contribution in [-0.4, -0.2) is 47.7 Å². The molecule has 0 aromatic rings. The molecule has 0 bridgehead atoms. The fourth-order valence-corrected chi connectivity index (χ4v) is 4.50. The van der Waals surface area contributed by atoms with E-state index in [1.54, 1.807) is 0 Å². The Morgan fingerprint density at radius 3 is 0.903 bits per heavy atom. The van der Waals surface area contributed by atoms with E-state index in [0.29, 0.717) is 13.2 Å². The first-order valence-corrected chi connectivity index (χ1v) is 14.7. The van der Waals surface area contributed by atoms with Crippen LogP contribution in [0.25, 0.3) is 0 Å². The van der Waals surface area contributed by atoms with Gasteiger partial charge in [-0.15, -0.1) is 0 Å². The maximum absolute atomic E-state index is 9.79. The van der Waals surface area contributed by atoms with Crippen LogP contribution in [0.15, 0.2) is 0 Å². The van der Waals surface area contributed by atoms with E-state index in [-0.39, 0.29) is 29.6 Å². The fraction of sp³-hybridized carbons (Fsp3) is 1.00. The van der Waals surface area contributed by atoms with Crippen molar-refractivity contribution in [2.45, 2.75) is 155 Å². The zero-order valence-electron chi connectivity index (χ0n) is 20.7. The first-order valence-electron chi connectivity index (χ1n) is 13.6. The molecule has 0 radical (unpaired) electrons. The number of hydrogen-bond acceptors (Lipinski definition) is 3. The molecular weight excluding hydrogens is 414 g/mol. The number of rotatable bonds is 26. The average molecular weight is 471 g/mol. The van der Waals surface area contributed by atoms with Gasteiger partial charge >= 0.3 is 38.2 Å². The third-order valence-corrected chi connectivity index (χ3v) is 6.71. The van der Waals surface area contributed by atoms with Gasteiger partial charge in [-0.2, -0.15) is 0 Å². The molecule has 0 aliphatic heterocycles. The van der Waals surface area contributed by atoms with Gasteiger partial charge in [-0.1, -0.05) is 142 Å². The number of hydrogen-bond donors (Lipinski definition) is 1. The summed E-state index contributed by atoms with van der Waals surface area (Å²) < 4.78 is 10.8. The molecular formula is C26H56NaO3P. The van der Waals surface area contributed by atoms with Gasteiger partial charge in [0.25, 0.3) is 0 Å². The zero-order valence-corrected chi connectivity index (χ0v) is 21.6. The molecule has 184 valence electrons. The van der Waals surface area contributed by atoms with Crippen LogP contribution in [0, 0.1) is 0 Å². The van der Waals surface area contributed by atoms with Crippen LogP contribution >= 0.6 is 8.60 Å². The Hall–Kier alpha value is 1.31. The maximum atomic E-state index is 9.79. The Kier molecular flexibility index (Phi) is 34.8. The molecule has 3 nitrogen and oxygen atoms in total. The molecule has 0 spiro atoms. The Morgan fingerprint density at radius 2 is 0.645 bits per heavy atom. The van der Waals surface area contributed by atoms with Crippen LogP contribution in [0.5, 0.6) is 0 Å². The molecule has 0 aromatic heterocycles. The van der Waals surface area contributed by atoms with Crippen molar-refractivity contribution >= 4 is 38.2 Å². The quantitative estimate of drug-likeness (QED) is 0.0778. The van der Waals surface area contributed by atoms with Crippen molar-refractivity contribution in [3.05, 3.63) is 0 Å². The topological polar surface area (TPSA) is 38.7 Å². The molecule has 5 heteroatoms. The van der Waals surface area contributed by atoms with E-state index >= 15 is 0 Å². The van der Waals surface area contributed by atoms with E-state index in [9.17, 15) is 4.89 Å². The summed E-state index contributed by atoms with van der Waals surface area (Å²) in [4.78, 5) is 9.79. The average Bonchev–Trinajstić information content (AvgIpc) is 2.75. The predicted octanol–water partition coefficient (Wildman–Crippen LogP) is 9.21. The van der Waals surface area contributed by atoms with Crippen LogP contribution in [-0.2, 0) is 9.05 Å². The Morgan fingerprint density at radius 1 is 0.419 bits per heavy atom. The van der Waals surface area contributed by atoms with E-state index in [4.69, 9.17) is 9.05 Å². The van der Waals surface area contributed by atoms with Gasteiger partial charge in [0, 0.05) is 0 Å². The van der Waals surface area contributed by atoms with Gasteiger partial charge in [-0.3, -0.25) is 0 Å². The molecule has 0 amide bonds. The van der Waals surface area contributed by atoms with E-state index < -0.39 is 8.60 Å². The van der Waals surface area contributed by atoms with Gasteiger partial charge in [0.2, 0.25) is 0 Å². The zero-order chi connectivity index (χ0) is 22.0. The molecule has 0 saturated heterocycles. The van der Waals surface area contributed by atoms with Crippen molar-refractivity contribution in [2.24, 2.45) is 0 Å². The third-order valence-electron chi connectivity index (χ3n) is 5.90. The van der Waals surface area contributed by atoms with Crippen LogP contribution in [0.3, 0.4) is 0 Å². The summed E-state index contributed by atoms with van der Waals surface area (Å²) in [6, 6.07) is 0. The molecule has 0 saturated carbocycles. The Labute approximate surface area is 219 Å². The summed E-state index contributed by atoms with van der Waals surface area (Å²) in [5, 5.41) is 0. The second-order valence-electron chi connectivity index (χ2n) is 8.98. The minimum absolute atomic E-state index is 0. The van der Waals surface area contributed by atoms with Gasteiger partial charge in [-0.05, 0) is 12.8 Å². The fourth-order valence-electron chi connectivity index (χ4n) is 3.86. The summed E-state index contributed by atoms with van der Waals surface area (Å²) in [5.41, 5.74) is 0. The normalized spacial score (nSPS) is 11.2. The summed E-state index contributed by atoms with van der Waals surface area (Å²) in [6.07, 6.45) is 29.3. The van der Waals surface area contributed by atoms with Crippen molar-refractivity contribution in [3.63, 3.8) is 0 Å². The van der Waals surface area contributed by atoms with Gasteiger partial charge in [-0.25, -0.2) is 0 Å². The summed E-state index contributed by atoms with van der Waals surface area (Å²) >= 11 is 0. The van der Waals surface area contributed by atoms with Crippen LogP contribution in [0.1, 0.15) is 155 Å². The first kappa shape index (κ1) is 34.5. The Bertz CT molecular complexity index is 280. The number of unbranched alkanes of at least 4 members (excludes halogenated alkanes) is 20. The third kappa shape index (κ3) is 31.3. The molecule has 0 aliphatic rings. The van der Waals surface area contributed by atoms with E-state index in [2.05, 4.69) is 13.8 Å². The SMILES string of the molecule is CCCCCCCCCCCCCOP(O)OCCCCCCCCCCCCC.[NaH]. The van der Waals surface area contributed by atoms with Gasteiger partial charge in [0.15, 0.2) is 0 Å². The summed E-state index contributed by atoms with van der Waals surface area (Å²) in [7, 11) is -1.66. The van der Waals surface area contributed by atoms with Crippen molar-refractivity contribution < 1.29 is 13.9 Å². The molecule has 0 aliphatic carbocycles. The molecule has 0 unspecified atom stereocenters. The van der Waals surface area contributed by atoms with Crippen LogP contribution in [0.4, 0.5) is 0 Å². The predicted molar refractivity (Wildman–Crippen MR) is 141 cm³/mol. The van der Waals surface area contributed by atoms with Gasteiger partial charge < -0.3 is 13.9 Å². The molecule has 0 heterocycles. The summed E-state index contributed by atoms with van der Waals surface area (Å²) in [5.74, 6) is 0. The first-order chi connectivity index (χ1) is 14.8. The monoisotopic (exact) mass is 470 g/mol. The molecule has 0 rings (SSSR count). The molecule has 0 aromatic carbocycles. The van der Waals surface area contributed by atoms with Crippen LogP contribution in [0.2, 0.25) is 0 Å². The van der Waals surface area contributed by atoms with Crippen molar-refractivity contribution in [1.29, 1.82) is 0 Å². The molecule has 1 N–H and O–H groups in total. The van der Waals surface area contributed by atoms with Crippen molar-refractivity contribution in [1.82, 2.24) is 0 Å². The van der Waals surface area contributed by atoms with Gasteiger partial charge in [0.05, 0.1) is 13.2 Å². The minimum atomic E-state index is -1.66. The van der Waals surface area contributed by atoms with E-state index in [1.807, 2.05) is 0 Å². The molecule has 0 fully saturated rings. The van der Waals surface area contributed by atoms with Crippen LogP contribution < -0.4 is 0 Å². The van der Waals surface area contributed by atoms with Crippen molar-refractivity contribution in [3.8, 4) is 0 Å².